The number of hydrogen-bond donors (Lipinski definition) is 1. The number of hydrogen-bond acceptors (Lipinski definition) is 3. The average molecular weight is 293 g/mol. The van der Waals surface area contributed by atoms with E-state index >= 15 is 0 Å². The van der Waals surface area contributed by atoms with Gasteiger partial charge in [-0.2, -0.15) is 4.31 Å². The van der Waals surface area contributed by atoms with E-state index in [1.54, 1.807) is 19.1 Å². The number of rotatable bonds is 5. The Balaban J connectivity index is 2.66. The van der Waals surface area contributed by atoms with Crippen molar-refractivity contribution in [1.29, 1.82) is 0 Å². The smallest absolute Gasteiger partial charge is 0.243 e. The summed E-state index contributed by atoms with van der Waals surface area (Å²) in [5.41, 5.74) is 1.05. The van der Waals surface area contributed by atoms with Crippen LogP contribution in [0.15, 0.2) is 41.3 Å². The normalized spacial score (nSPS) is 12.2. The van der Waals surface area contributed by atoms with E-state index in [9.17, 15) is 8.42 Å². The zero-order chi connectivity index (χ0) is 14.8. The highest BCUT2D eigenvalue weighted by molar-refractivity contribution is 7.89. The van der Waals surface area contributed by atoms with Crippen molar-refractivity contribution in [3.05, 3.63) is 42.0 Å². The molecule has 2 aromatic carbocycles. The Morgan fingerprint density at radius 1 is 1.10 bits per heavy atom. The second kappa shape index (κ2) is 5.91. The van der Waals surface area contributed by atoms with Crippen molar-refractivity contribution in [2.24, 2.45) is 0 Å². The zero-order valence-electron chi connectivity index (χ0n) is 11.7. The van der Waals surface area contributed by atoms with Gasteiger partial charge in [0, 0.05) is 18.5 Å². The maximum absolute atomic E-state index is 12.7. The van der Waals surface area contributed by atoms with Crippen LogP contribution < -0.4 is 0 Å². The molecule has 2 rings (SSSR count). The van der Waals surface area contributed by atoms with Crippen molar-refractivity contribution in [3.63, 3.8) is 0 Å². The summed E-state index contributed by atoms with van der Waals surface area (Å²) in [6.45, 7) is 4.00. The molecule has 5 heteroatoms. The van der Waals surface area contributed by atoms with Crippen LogP contribution in [0.5, 0.6) is 0 Å². The van der Waals surface area contributed by atoms with Crippen molar-refractivity contribution in [2.45, 2.75) is 18.7 Å². The Kier molecular flexibility index (Phi) is 4.42. The molecule has 0 amide bonds. The van der Waals surface area contributed by atoms with Crippen LogP contribution in [0.25, 0.3) is 10.8 Å². The van der Waals surface area contributed by atoms with Crippen LogP contribution in [0.2, 0.25) is 0 Å². The fourth-order valence-electron chi connectivity index (χ4n) is 2.36. The van der Waals surface area contributed by atoms with Gasteiger partial charge >= 0.3 is 0 Å². The van der Waals surface area contributed by atoms with Crippen LogP contribution in [-0.4, -0.2) is 37.5 Å². The molecule has 0 spiro atoms. The maximum atomic E-state index is 12.7. The topological polar surface area (TPSA) is 57.6 Å². The van der Waals surface area contributed by atoms with E-state index in [0.29, 0.717) is 11.4 Å². The standard InChI is InChI=1S/C15H19NO3S/c1-3-16(10-11-17)20(18,19)15-9-5-7-13-12(2)6-4-8-14(13)15/h4-9,17H,3,10-11H2,1-2H3. The molecule has 0 unspecified atom stereocenters. The Labute approximate surface area is 119 Å². The molecule has 0 aromatic heterocycles. The van der Waals surface area contributed by atoms with Gasteiger partial charge in [-0.25, -0.2) is 8.42 Å². The summed E-state index contributed by atoms with van der Waals surface area (Å²) in [4.78, 5) is 0.300. The van der Waals surface area contributed by atoms with Crippen molar-refractivity contribution < 1.29 is 13.5 Å². The summed E-state index contributed by atoms with van der Waals surface area (Å²) in [7, 11) is -3.58. The van der Waals surface area contributed by atoms with Gasteiger partial charge < -0.3 is 5.11 Å². The molecule has 4 nitrogen and oxygen atoms in total. The highest BCUT2D eigenvalue weighted by atomic mass is 32.2. The first kappa shape index (κ1) is 15.0. The van der Waals surface area contributed by atoms with Gasteiger partial charge in [-0.15, -0.1) is 0 Å². The van der Waals surface area contributed by atoms with Crippen molar-refractivity contribution in [2.75, 3.05) is 19.7 Å². The van der Waals surface area contributed by atoms with Gasteiger partial charge in [-0.3, -0.25) is 0 Å². The predicted molar refractivity (Wildman–Crippen MR) is 80.2 cm³/mol. The van der Waals surface area contributed by atoms with Crippen LogP contribution in [0, 0.1) is 6.92 Å². The van der Waals surface area contributed by atoms with Crippen LogP contribution >= 0.6 is 0 Å². The lowest BCUT2D eigenvalue weighted by atomic mass is 10.1. The van der Waals surface area contributed by atoms with Crippen LogP contribution in [-0.2, 0) is 10.0 Å². The molecule has 0 saturated heterocycles. The molecular formula is C15H19NO3S. The minimum absolute atomic E-state index is 0.112. The molecular weight excluding hydrogens is 274 g/mol. The Morgan fingerprint density at radius 2 is 1.75 bits per heavy atom. The second-order valence-electron chi connectivity index (χ2n) is 4.65. The molecule has 0 heterocycles. The molecule has 0 fully saturated rings. The summed E-state index contributed by atoms with van der Waals surface area (Å²) < 4.78 is 26.7. The molecule has 1 N–H and O–H groups in total. The molecule has 0 saturated carbocycles. The highest BCUT2D eigenvalue weighted by Gasteiger charge is 2.24. The van der Waals surface area contributed by atoms with Gasteiger partial charge in [0.25, 0.3) is 0 Å². The second-order valence-corrected chi connectivity index (χ2v) is 6.55. The van der Waals surface area contributed by atoms with Crippen molar-refractivity contribution in [1.82, 2.24) is 4.31 Å². The molecule has 2 aromatic rings. The third-order valence-corrected chi connectivity index (χ3v) is 5.45. The number of likely N-dealkylation sites (N-methyl/N-ethyl adjacent to an activating group) is 1. The number of aliphatic hydroxyl groups excluding tert-OH is 1. The minimum atomic E-state index is -3.58. The minimum Gasteiger partial charge on any atom is -0.395 e. The fourth-order valence-corrected chi connectivity index (χ4v) is 4.01. The molecule has 0 radical (unpaired) electrons. The predicted octanol–water partition coefficient (Wildman–Crippen LogP) is 2.15. The lowest BCUT2D eigenvalue weighted by molar-refractivity contribution is 0.257. The highest BCUT2D eigenvalue weighted by Crippen LogP contribution is 2.27. The van der Waals surface area contributed by atoms with Crippen molar-refractivity contribution >= 4 is 20.8 Å². The number of sulfonamides is 1. The molecule has 20 heavy (non-hydrogen) atoms. The largest absolute Gasteiger partial charge is 0.395 e. The summed E-state index contributed by atoms with van der Waals surface area (Å²) in [6.07, 6.45) is 0. The van der Waals surface area contributed by atoms with Gasteiger partial charge in [-0.1, -0.05) is 37.3 Å². The van der Waals surface area contributed by atoms with E-state index in [-0.39, 0.29) is 13.2 Å². The molecule has 0 atom stereocenters. The fraction of sp³-hybridized carbons (Fsp3) is 0.333. The third-order valence-electron chi connectivity index (χ3n) is 3.42. The summed E-state index contributed by atoms with van der Waals surface area (Å²) >= 11 is 0. The quantitative estimate of drug-likeness (QED) is 0.919. The first-order valence-electron chi connectivity index (χ1n) is 6.61. The maximum Gasteiger partial charge on any atom is 0.243 e. The Morgan fingerprint density at radius 3 is 2.40 bits per heavy atom. The molecule has 108 valence electrons. The van der Waals surface area contributed by atoms with E-state index in [4.69, 9.17) is 5.11 Å². The number of aliphatic hydroxyl groups is 1. The summed E-state index contributed by atoms with van der Waals surface area (Å²) in [6, 6.07) is 10.9. The van der Waals surface area contributed by atoms with Crippen LogP contribution in [0.1, 0.15) is 12.5 Å². The van der Waals surface area contributed by atoms with E-state index in [2.05, 4.69) is 0 Å². The first-order chi connectivity index (χ1) is 9.52. The number of benzene rings is 2. The monoisotopic (exact) mass is 293 g/mol. The third kappa shape index (κ3) is 2.57. The van der Waals surface area contributed by atoms with E-state index in [0.717, 1.165) is 16.3 Å². The van der Waals surface area contributed by atoms with Gasteiger partial charge in [0.15, 0.2) is 0 Å². The number of aryl methyl sites for hydroxylation is 1. The Hall–Kier alpha value is -1.43. The van der Waals surface area contributed by atoms with E-state index in [1.165, 1.54) is 4.31 Å². The first-order valence-corrected chi connectivity index (χ1v) is 8.05. The Bertz CT molecular complexity index is 710. The summed E-state index contributed by atoms with van der Waals surface area (Å²) in [5.74, 6) is 0. The van der Waals surface area contributed by atoms with Crippen LogP contribution in [0.4, 0.5) is 0 Å². The van der Waals surface area contributed by atoms with E-state index in [1.807, 2.05) is 31.2 Å². The van der Waals surface area contributed by atoms with Crippen molar-refractivity contribution in [3.8, 4) is 0 Å². The molecule has 0 bridgehead atoms. The van der Waals surface area contributed by atoms with Crippen LogP contribution in [0.3, 0.4) is 0 Å². The molecule has 0 aliphatic heterocycles. The number of fused-ring (bicyclic) bond motifs is 1. The lowest BCUT2D eigenvalue weighted by Gasteiger charge is -2.20. The van der Waals surface area contributed by atoms with Gasteiger partial charge in [0.1, 0.15) is 0 Å². The number of nitrogens with zero attached hydrogens (tertiary/aromatic N) is 1. The summed E-state index contributed by atoms with van der Waals surface area (Å²) in [5, 5.41) is 10.7. The molecule has 0 aliphatic rings. The van der Waals surface area contributed by atoms with E-state index < -0.39 is 10.0 Å². The zero-order valence-corrected chi connectivity index (χ0v) is 12.5. The van der Waals surface area contributed by atoms with Gasteiger partial charge in [0.2, 0.25) is 10.0 Å². The lowest BCUT2D eigenvalue weighted by Crippen LogP contribution is -2.33. The van der Waals surface area contributed by atoms with Gasteiger partial charge in [-0.05, 0) is 23.9 Å². The van der Waals surface area contributed by atoms with Gasteiger partial charge in [0.05, 0.1) is 11.5 Å². The average Bonchev–Trinajstić information content (AvgIpc) is 2.44. The molecule has 0 aliphatic carbocycles. The SMILES string of the molecule is CCN(CCO)S(=O)(=O)c1cccc2c(C)cccc12.